The van der Waals surface area contributed by atoms with Crippen LogP contribution in [-0.4, -0.2) is 11.5 Å². The van der Waals surface area contributed by atoms with Gasteiger partial charge in [-0.3, -0.25) is 0 Å². The zero-order valence-corrected chi connectivity index (χ0v) is 12.0. The van der Waals surface area contributed by atoms with Crippen molar-refractivity contribution in [1.82, 2.24) is 0 Å². The summed E-state index contributed by atoms with van der Waals surface area (Å²) in [5.74, 6) is 2.66. The maximum absolute atomic E-state index is 2.42. The standard InChI is InChI=1S/C13H24S2/c1-4-7-8-12-9-14-10-13(5-2,6-3)11-15-12/h9H,4-8,10-11H2,1-3H3. The predicted octanol–water partition coefficient (Wildman–Crippen LogP) is 5.30. The molecule has 0 N–H and O–H groups in total. The van der Waals surface area contributed by atoms with Crippen LogP contribution in [0.3, 0.4) is 0 Å². The van der Waals surface area contributed by atoms with Gasteiger partial charge in [-0.2, -0.15) is 0 Å². The second-order valence-electron chi connectivity index (χ2n) is 4.49. The first-order valence-electron chi connectivity index (χ1n) is 6.19. The highest BCUT2D eigenvalue weighted by atomic mass is 32.2. The van der Waals surface area contributed by atoms with E-state index in [9.17, 15) is 0 Å². The first kappa shape index (κ1) is 13.5. The third kappa shape index (κ3) is 4.07. The fourth-order valence-corrected chi connectivity index (χ4v) is 4.92. The molecular weight excluding hydrogens is 220 g/mol. The molecule has 1 rings (SSSR count). The van der Waals surface area contributed by atoms with Gasteiger partial charge in [0.05, 0.1) is 0 Å². The summed E-state index contributed by atoms with van der Waals surface area (Å²) >= 11 is 4.17. The van der Waals surface area contributed by atoms with Gasteiger partial charge in [0.25, 0.3) is 0 Å². The number of hydrogen-bond acceptors (Lipinski definition) is 2. The Morgan fingerprint density at radius 1 is 1.20 bits per heavy atom. The van der Waals surface area contributed by atoms with Gasteiger partial charge >= 0.3 is 0 Å². The number of hydrogen-bond donors (Lipinski definition) is 0. The Bertz CT molecular complexity index is 205. The lowest BCUT2D eigenvalue weighted by molar-refractivity contribution is 0.357. The average molecular weight is 244 g/mol. The highest BCUT2D eigenvalue weighted by molar-refractivity contribution is 8.06. The van der Waals surface area contributed by atoms with Crippen molar-refractivity contribution in [3.05, 3.63) is 10.3 Å². The highest BCUT2D eigenvalue weighted by Crippen LogP contribution is 2.42. The van der Waals surface area contributed by atoms with Crippen LogP contribution in [-0.2, 0) is 0 Å². The Labute approximate surface area is 104 Å². The Kier molecular flexibility index (Phi) is 6.21. The van der Waals surface area contributed by atoms with Crippen LogP contribution in [0.1, 0.15) is 52.9 Å². The van der Waals surface area contributed by atoms with E-state index in [0.29, 0.717) is 5.41 Å². The van der Waals surface area contributed by atoms with Gasteiger partial charge in [0.1, 0.15) is 0 Å². The fourth-order valence-electron chi connectivity index (χ4n) is 1.77. The topological polar surface area (TPSA) is 0 Å². The summed E-state index contributed by atoms with van der Waals surface area (Å²) in [5, 5.41) is 2.42. The van der Waals surface area contributed by atoms with E-state index in [1.54, 1.807) is 4.91 Å². The number of thioether (sulfide) groups is 2. The molecule has 1 aliphatic heterocycles. The van der Waals surface area contributed by atoms with E-state index in [1.807, 2.05) is 11.8 Å². The van der Waals surface area contributed by atoms with Crippen LogP contribution < -0.4 is 0 Å². The van der Waals surface area contributed by atoms with Gasteiger partial charge in [-0.25, -0.2) is 0 Å². The zero-order valence-electron chi connectivity index (χ0n) is 10.3. The van der Waals surface area contributed by atoms with Crippen molar-refractivity contribution in [1.29, 1.82) is 0 Å². The third-order valence-electron chi connectivity index (χ3n) is 3.44. The lowest BCUT2D eigenvalue weighted by Crippen LogP contribution is -2.24. The molecule has 0 aromatic heterocycles. The minimum atomic E-state index is 0.597. The SMILES string of the molecule is CCCCC1=CSCC(CC)(CC)CS1. The summed E-state index contributed by atoms with van der Waals surface area (Å²) in [7, 11) is 0. The molecule has 0 amide bonds. The van der Waals surface area contributed by atoms with Crippen LogP contribution in [0.4, 0.5) is 0 Å². The minimum absolute atomic E-state index is 0.597. The summed E-state index contributed by atoms with van der Waals surface area (Å²) in [5.41, 5.74) is 0.597. The van der Waals surface area contributed by atoms with E-state index in [4.69, 9.17) is 0 Å². The fraction of sp³-hybridized carbons (Fsp3) is 0.846. The van der Waals surface area contributed by atoms with Crippen molar-refractivity contribution in [3.8, 4) is 0 Å². The smallest absolute Gasteiger partial charge is 0.00415 e. The van der Waals surface area contributed by atoms with Crippen LogP contribution >= 0.6 is 23.5 Å². The van der Waals surface area contributed by atoms with Gasteiger partial charge in [0.15, 0.2) is 0 Å². The predicted molar refractivity (Wildman–Crippen MR) is 75.5 cm³/mol. The van der Waals surface area contributed by atoms with Gasteiger partial charge in [0.2, 0.25) is 0 Å². The largest absolute Gasteiger partial charge is 0.133 e. The van der Waals surface area contributed by atoms with E-state index in [-0.39, 0.29) is 0 Å². The Balaban J connectivity index is 2.47. The average Bonchev–Trinajstić information content (AvgIpc) is 2.49. The van der Waals surface area contributed by atoms with E-state index in [2.05, 4.69) is 37.9 Å². The summed E-state index contributed by atoms with van der Waals surface area (Å²) in [6, 6.07) is 0. The maximum atomic E-state index is 2.42. The molecule has 88 valence electrons. The lowest BCUT2D eigenvalue weighted by atomic mass is 9.87. The molecule has 15 heavy (non-hydrogen) atoms. The second kappa shape index (κ2) is 6.90. The summed E-state index contributed by atoms with van der Waals surface area (Å²) in [6.45, 7) is 6.97. The molecule has 2 heteroatoms. The third-order valence-corrected chi connectivity index (χ3v) is 6.27. The molecule has 1 aliphatic rings. The van der Waals surface area contributed by atoms with Crippen molar-refractivity contribution in [2.45, 2.75) is 52.9 Å². The monoisotopic (exact) mass is 244 g/mol. The molecule has 0 spiro atoms. The Morgan fingerprint density at radius 2 is 1.93 bits per heavy atom. The normalized spacial score (nSPS) is 20.9. The molecule has 0 radical (unpaired) electrons. The van der Waals surface area contributed by atoms with Crippen LogP contribution in [0, 0.1) is 5.41 Å². The number of rotatable bonds is 5. The van der Waals surface area contributed by atoms with E-state index >= 15 is 0 Å². The molecule has 0 aliphatic carbocycles. The van der Waals surface area contributed by atoms with E-state index < -0.39 is 0 Å². The van der Waals surface area contributed by atoms with Crippen LogP contribution in [0.2, 0.25) is 0 Å². The number of allylic oxidation sites excluding steroid dienone is 1. The molecular formula is C13H24S2. The molecule has 0 nitrogen and oxygen atoms in total. The highest BCUT2D eigenvalue weighted by Gasteiger charge is 2.28. The summed E-state index contributed by atoms with van der Waals surface area (Å²) in [6.07, 6.45) is 6.63. The van der Waals surface area contributed by atoms with Gasteiger partial charge in [-0.1, -0.05) is 27.2 Å². The molecule has 0 unspecified atom stereocenters. The van der Waals surface area contributed by atoms with Crippen molar-refractivity contribution < 1.29 is 0 Å². The summed E-state index contributed by atoms with van der Waals surface area (Å²) in [4.78, 5) is 1.63. The zero-order chi connectivity index (χ0) is 11.1. The van der Waals surface area contributed by atoms with Gasteiger partial charge < -0.3 is 0 Å². The second-order valence-corrected chi connectivity index (χ2v) is 6.45. The van der Waals surface area contributed by atoms with Crippen LogP contribution in [0.25, 0.3) is 0 Å². The lowest BCUT2D eigenvalue weighted by Gasteiger charge is -2.29. The van der Waals surface area contributed by atoms with Gasteiger partial charge in [-0.05, 0) is 41.4 Å². The van der Waals surface area contributed by atoms with Crippen LogP contribution in [0.5, 0.6) is 0 Å². The Hall–Kier alpha value is 0.440. The molecule has 0 saturated carbocycles. The molecule has 0 aromatic carbocycles. The van der Waals surface area contributed by atoms with Crippen molar-refractivity contribution in [3.63, 3.8) is 0 Å². The molecule has 0 fully saturated rings. The molecule has 0 saturated heterocycles. The van der Waals surface area contributed by atoms with Crippen molar-refractivity contribution in [2.75, 3.05) is 11.5 Å². The van der Waals surface area contributed by atoms with Crippen LogP contribution in [0.15, 0.2) is 10.3 Å². The van der Waals surface area contributed by atoms with Gasteiger partial charge in [-0.15, -0.1) is 23.5 Å². The first-order chi connectivity index (χ1) is 7.26. The maximum Gasteiger partial charge on any atom is 0.00415 e. The van der Waals surface area contributed by atoms with Crippen molar-refractivity contribution >= 4 is 23.5 Å². The Morgan fingerprint density at radius 3 is 2.53 bits per heavy atom. The molecule has 0 aromatic rings. The van der Waals surface area contributed by atoms with Gasteiger partial charge in [0, 0.05) is 11.5 Å². The van der Waals surface area contributed by atoms with Crippen molar-refractivity contribution in [2.24, 2.45) is 5.41 Å². The quantitative estimate of drug-likeness (QED) is 0.643. The van der Waals surface area contributed by atoms with E-state index in [0.717, 1.165) is 0 Å². The molecule has 0 bridgehead atoms. The summed E-state index contributed by atoms with van der Waals surface area (Å²) < 4.78 is 0. The van der Waals surface area contributed by atoms with E-state index in [1.165, 1.54) is 43.6 Å². The molecule has 1 heterocycles. The molecule has 0 atom stereocenters. The first-order valence-corrected chi connectivity index (χ1v) is 8.23. The number of unbranched alkanes of at least 4 members (excludes halogenated alkanes) is 1. The minimum Gasteiger partial charge on any atom is -0.133 e.